The van der Waals surface area contributed by atoms with Crippen LogP contribution in [-0.4, -0.2) is 16.1 Å². The smallest absolute Gasteiger partial charge is 0.153 e. The quantitative estimate of drug-likeness (QED) is 0.783. The number of benzene rings is 1. The number of carbonyl (C=O) groups excluding carboxylic acids is 1. The zero-order valence-electron chi connectivity index (χ0n) is 9.26. The van der Waals surface area contributed by atoms with Gasteiger partial charge in [-0.05, 0) is 24.3 Å². The van der Waals surface area contributed by atoms with Crippen molar-refractivity contribution < 1.29 is 9.53 Å². The van der Waals surface area contributed by atoms with Crippen molar-refractivity contribution in [1.29, 1.82) is 0 Å². The van der Waals surface area contributed by atoms with Crippen LogP contribution in [0.4, 0.5) is 0 Å². The van der Waals surface area contributed by atoms with Gasteiger partial charge in [0, 0.05) is 18.3 Å². The third-order valence-electron chi connectivity index (χ3n) is 2.24. The van der Waals surface area contributed by atoms with E-state index in [1.807, 2.05) is 19.3 Å². The SMILES string of the molecule is Cn1ccc(COc2ccc(Cl)cc2C=O)n1. The summed E-state index contributed by atoms with van der Waals surface area (Å²) in [6, 6.07) is 6.79. The number of aromatic nitrogens is 2. The molecule has 0 bridgehead atoms. The second-order valence-electron chi connectivity index (χ2n) is 3.57. The van der Waals surface area contributed by atoms with Crippen molar-refractivity contribution in [3.63, 3.8) is 0 Å². The minimum atomic E-state index is 0.323. The van der Waals surface area contributed by atoms with Gasteiger partial charge in [0.05, 0.1) is 11.3 Å². The monoisotopic (exact) mass is 250 g/mol. The summed E-state index contributed by atoms with van der Waals surface area (Å²) in [5.41, 5.74) is 1.24. The van der Waals surface area contributed by atoms with Gasteiger partial charge in [-0.1, -0.05) is 11.6 Å². The number of rotatable bonds is 4. The fourth-order valence-corrected chi connectivity index (χ4v) is 1.62. The predicted molar refractivity (Wildman–Crippen MR) is 64.4 cm³/mol. The Morgan fingerprint density at radius 1 is 1.47 bits per heavy atom. The van der Waals surface area contributed by atoms with E-state index in [9.17, 15) is 4.79 Å². The van der Waals surface area contributed by atoms with E-state index < -0.39 is 0 Å². The summed E-state index contributed by atoms with van der Waals surface area (Å²) < 4.78 is 7.21. The lowest BCUT2D eigenvalue weighted by atomic mass is 10.2. The molecule has 17 heavy (non-hydrogen) atoms. The van der Waals surface area contributed by atoms with Crippen LogP contribution in [0.5, 0.6) is 5.75 Å². The molecule has 0 radical (unpaired) electrons. The number of aryl methyl sites for hydroxylation is 1. The fourth-order valence-electron chi connectivity index (χ4n) is 1.43. The number of hydrogen-bond acceptors (Lipinski definition) is 3. The van der Waals surface area contributed by atoms with Crippen molar-refractivity contribution in [1.82, 2.24) is 9.78 Å². The fraction of sp³-hybridized carbons (Fsp3) is 0.167. The van der Waals surface area contributed by atoms with E-state index >= 15 is 0 Å². The number of nitrogens with zero attached hydrogens (tertiary/aromatic N) is 2. The van der Waals surface area contributed by atoms with E-state index in [0.29, 0.717) is 22.9 Å². The lowest BCUT2D eigenvalue weighted by Gasteiger charge is -2.06. The van der Waals surface area contributed by atoms with E-state index in [1.54, 1.807) is 22.9 Å². The first kappa shape index (κ1) is 11.7. The van der Waals surface area contributed by atoms with Crippen molar-refractivity contribution >= 4 is 17.9 Å². The molecule has 4 nitrogen and oxygen atoms in total. The number of carbonyl (C=O) groups is 1. The van der Waals surface area contributed by atoms with E-state index in [1.165, 1.54) is 0 Å². The second kappa shape index (κ2) is 5.01. The molecule has 2 aromatic rings. The van der Waals surface area contributed by atoms with Crippen molar-refractivity contribution in [2.24, 2.45) is 7.05 Å². The van der Waals surface area contributed by atoms with E-state index in [2.05, 4.69) is 5.10 Å². The van der Waals surface area contributed by atoms with Gasteiger partial charge in [-0.3, -0.25) is 9.48 Å². The van der Waals surface area contributed by atoms with Gasteiger partial charge in [0.2, 0.25) is 0 Å². The zero-order chi connectivity index (χ0) is 12.3. The topological polar surface area (TPSA) is 44.1 Å². The van der Waals surface area contributed by atoms with Crippen molar-refractivity contribution in [2.75, 3.05) is 0 Å². The molecule has 0 amide bonds. The van der Waals surface area contributed by atoms with Crippen LogP contribution in [0, 0.1) is 0 Å². The van der Waals surface area contributed by atoms with Gasteiger partial charge in [-0.2, -0.15) is 5.10 Å². The molecule has 0 aliphatic heterocycles. The van der Waals surface area contributed by atoms with Crippen LogP contribution < -0.4 is 4.74 Å². The zero-order valence-corrected chi connectivity index (χ0v) is 10.0. The molecule has 1 heterocycles. The van der Waals surface area contributed by atoms with Gasteiger partial charge in [-0.15, -0.1) is 0 Å². The third kappa shape index (κ3) is 2.85. The Labute approximate surface area is 104 Å². The summed E-state index contributed by atoms with van der Waals surface area (Å²) in [7, 11) is 1.84. The minimum absolute atomic E-state index is 0.323. The molecule has 5 heteroatoms. The van der Waals surface area contributed by atoms with Gasteiger partial charge in [0.1, 0.15) is 12.4 Å². The molecule has 0 saturated carbocycles. The normalized spacial score (nSPS) is 10.2. The molecule has 0 spiro atoms. The third-order valence-corrected chi connectivity index (χ3v) is 2.48. The summed E-state index contributed by atoms with van der Waals surface area (Å²) in [5, 5.41) is 4.69. The molecule has 88 valence electrons. The Kier molecular flexibility index (Phi) is 3.44. The Morgan fingerprint density at radius 3 is 2.94 bits per heavy atom. The molecule has 2 rings (SSSR count). The molecule has 0 aliphatic rings. The Balaban J connectivity index is 2.11. The molecule has 1 aromatic heterocycles. The van der Waals surface area contributed by atoms with Crippen LogP contribution in [-0.2, 0) is 13.7 Å². The van der Waals surface area contributed by atoms with Crippen molar-refractivity contribution in [3.8, 4) is 5.75 Å². The van der Waals surface area contributed by atoms with Crippen LogP contribution >= 0.6 is 11.6 Å². The lowest BCUT2D eigenvalue weighted by molar-refractivity contribution is 0.111. The number of ether oxygens (including phenoxy) is 1. The van der Waals surface area contributed by atoms with Crippen LogP contribution in [0.2, 0.25) is 5.02 Å². The molecule has 0 aliphatic carbocycles. The van der Waals surface area contributed by atoms with Gasteiger partial charge >= 0.3 is 0 Å². The Bertz CT molecular complexity index is 537. The molecule has 0 atom stereocenters. The van der Waals surface area contributed by atoms with Gasteiger partial charge in [0.25, 0.3) is 0 Å². The van der Waals surface area contributed by atoms with Gasteiger partial charge in [-0.25, -0.2) is 0 Å². The van der Waals surface area contributed by atoms with Crippen molar-refractivity contribution in [2.45, 2.75) is 6.61 Å². The summed E-state index contributed by atoms with van der Waals surface area (Å²) >= 11 is 5.79. The van der Waals surface area contributed by atoms with Crippen LogP contribution in [0.25, 0.3) is 0 Å². The maximum Gasteiger partial charge on any atom is 0.153 e. The van der Waals surface area contributed by atoms with Crippen LogP contribution in [0.3, 0.4) is 0 Å². The summed E-state index contributed by atoms with van der Waals surface area (Å²) in [6.45, 7) is 0.323. The predicted octanol–water partition coefficient (Wildman–Crippen LogP) is 2.46. The first-order valence-corrected chi connectivity index (χ1v) is 5.43. The van der Waals surface area contributed by atoms with Gasteiger partial charge < -0.3 is 4.74 Å². The van der Waals surface area contributed by atoms with Gasteiger partial charge in [0.15, 0.2) is 6.29 Å². The Morgan fingerprint density at radius 2 is 2.29 bits per heavy atom. The summed E-state index contributed by atoms with van der Waals surface area (Å²) in [5.74, 6) is 0.509. The first-order valence-electron chi connectivity index (χ1n) is 5.05. The number of aldehydes is 1. The highest BCUT2D eigenvalue weighted by atomic mass is 35.5. The molecule has 0 fully saturated rings. The molecular formula is C12H11ClN2O2. The average Bonchev–Trinajstić information content (AvgIpc) is 2.73. The summed E-state index contributed by atoms with van der Waals surface area (Å²) in [4.78, 5) is 10.8. The van der Waals surface area contributed by atoms with Crippen LogP contribution in [0.1, 0.15) is 16.1 Å². The van der Waals surface area contributed by atoms with E-state index in [4.69, 9.17) is 16.3 Å². The van der Waals surface area contributed by atoms with Crippen LogP contribution in [0.15, 0.2) is 30.5 Å². The number of hydrogen-bond donors (Lipinski definition) is 0. The summed E-state index contributed by atoms with van der Waals surface area (Å²) in [6.07, 6.45) is 2.56. The van der Waals surface area contributed by atoms with Crippen molar-refractivity contribution in [3.05, 3.63) is 46.7 Å². The average molecular weight is 251 g/mol. The second-order valence-corrected chi connectivity index (χ2v) is 4.01. The molecule has 1 aromatic carbocycles. The maximum atomic E-state index is 10.8. The highest BCUT2D eigenvalue weighted by Gasteiger charge is 2.05. The minimum Gasteiger partial charge on any atom is -0.486 e. The van der Waals surface area contributed by atoms with E-state index in [0.717, 1.165) is 12.0 Å². The molecule has 0 unspecified atom stereocenters. The maximum absolute atomic E-state index is 10.8. The highest BCUT2D eigenvalue weighted by Crippen LogP contribution is 2.22. The molecule has 0 saturated heterocycles. The molecular weight excluding hydrogens is 240 g/mol. The molecule has 0 N–H and O–H groups in total. The highest BCUT2D eigenvalue weighted by molar-refractivity contribution is 6.30. The first-order chi connectivity index (χ1) is 8.19. The standard InChI is InChI=1S/C12H11ClN2O2/c1-15-5-4-11(14-15)8-17-12-3-2-10(13)6-9(12)7-16/h2-7H,8H2,1H3. The largest absolute Gasteiger partial charge is 0.486 e. The number of halogens is 1. The lowest BCUT2D eigenvalue weighted by Crippen LogP contribution is -2.00. The van der Waals surface area contributed by atoms with E-state index in [-0.39, 0.29) is 0 Å². The Hall–Kier alpha value is -1.81.